The molecule has 1 heterocycles. The summed E-state index contributed by atoms with van der Waals surface area (Å²) in [6, 6.07) is 4.16. The van der Waals surface area contributed by atoms with Crippen LogP contribution in [0.1, 0.15) is 19.4 Å². The Morgan fingerprint density at radius 1 is 1.26 bits per heavy atom. The van der Waals surface area contributed by atoms with Gasteiger partial charge in [0, 0.05) is 45.0 Å². The highest BCUT2D eigenvalue weighted by atomic mass is 15.2. The molecule has 0 amide bonds. The summed E-state index contributed by atoms with van der Waals surface area (Å²) < 4.78 is 0. The average Bonchev–Trinajstić information content (AvgIpc) is 2.36. The minimum absolute atomic E-state index is 0.678. The van der Waals surface area contributed by atoms with Gasteiger partial charge < -0.3 is 10.2 Å². The summed E-state index contributed by atoms with van der Waals surface area (Å²) in [5.41, 5.74) is 1.27. The van der Waals surface area contributed by atoms with Crippen LogP contribution < -0.4 is 5.32 Å². The minimum Gasteiger partial charge on any atom is -0.373 e. The lowest BCUT2D eigenvalue weighted by Crippen LogP contribution is -2.34. The van der Waals surface area contributed by atoms with E-state index in [0.29, 0.717) is 5.92 Å². The van der Waals surface area contributed by atoms with E-state index in [1.165, 1.54) is 5.56 Å². The summed E-state index contributed by atoms with van der Waals surface area (Å²) in [6.07, 6.45) is 1.84. The Balaban J connectivity index is 2.69. The number of nitrogens with one attached hydrogen (secondary N) is 1. The van der Waals surface area contributed by atoms with Crippen molar-refractivity contribution in [1.29, 1.82) is 0 Å². The normalized spacial score (nSPS) is 11.6. The lowest BCUT2D eigenvalue weighted by atomic mass is 10.1. The Kier molecular flexibility index (Phi) is 6.81. The zero-order valence-corrected chi connectivity index (χ0v) is 13.0. The predicted octanol–water partition coefficient (Wildman–Crippen LogP) is 2.14. The van der Waals surface area contributed by atoms with Crippen molar-refractivity contribution in [2.75, 3.05) is 46.1 Å². The van der Waals surface area contributed by atoms with E-state index in [-0.39, 0.29) is 0 Å². The van der Waals surface area contributed by atoms with Crippen molar-refractivity contribution in [2.45, 2.75) is 20.4 Å². The summed E-state index contributed by atoms with van der Waals surface area (Å²) in [5, 5.41) is 3.17. The van der Waals surface area contributed by atoms with Crippen LogP contribution in [0.2, 0.25) is 0 Å². The molecule has 1 N–H and O–H groups in total. The number of hydrogen-bond acceptors (Lipinski definition) is 4. The second kappa shape index (κ2) is 8.12. The van der Waals surface area contributed by atoms with Crippen molar-refractivity contribution in [3.8, 4) is 0 Å². The molecule has 19 heavy (non-hydrogen) atoms. The molecule has 1 aromatic heterocycles. The van der Waals surface area contributed by atoms with Gasteiger partial charge in [-0.3, -0.25) is 4.90 Å². The standard InChI is InChI=1S/C15H28N4/c1-13(2)11-19(10-9-18(4)5)12-14-7-6-8-17-15(14)16-3/h6-8,13H,9-12H2,1-5H3,(H,16,17). The van der Waals surface area contributed by atoms with Crippen LogP contribution in [0.25, 0.3) is 0 Å². The molecule has 0 aliphatic heterocycles. The zero-order valence-electron chi connectivity index (χ0n) is 13.0. The van der Waals surface area contributed by atoms with Crippen LogP contribution in [0.15, 0.2) is 18.3 Å². The van der Waals surface area contributed by atoms with Crippen LogP contribution in [-0.2, 0) is 6.54 Å². The van der Waals surface area contributed by atoms with Gasteiger partial charge in [0.05, 0.1) is 0 Å². The Morgan fingerprint density at radius 3 is 2.58 bits per heavy atom. The molecule has 108 valence electrons. The van der Waals surface area contributed by atoms with E-state index in [1.54, 1.807) is 0 Å². The van der Waals surface area contributed by atoms with Gasteiger partial charge in [0.2, 0.25) is 0 Å². The first kappa shape index (κ1) is 15.9. The fourth-order valence-corrected chi connectivity index (χ4v) is 2.12. The van der Waals surface area contributed by atoms with Crippen molar-refractivity contribution in [3.63, 3.8) is 0 Å². The van der Waals surface area contributed by atoms with Crippen molar-refractivity contribution in [2.24, 2.45) is 5.92 Å². The third-order valence-corrected chi connectivity index (χ3v) is 3.01. The van der Waals surface area contributed by atoms with Gasteiger partial charge in [-0.2, -0.15) is 0 Å². The van der Waals surface area contributed by atoms with Gasteiger partial charge in [-0.1, -0.05) is 19.9 Å². The van der Waals surface area contributed by atoms with Gasteiger partial charge in [0.25, 0.3) is 0 Å². The third-order valence-electron chi connectivity index (χ3n) is 3.01. The maximum Gasteiger partial charge on any atom is 0.130 e. The van der Waals surface area contributed by atoms with E-state index in [4.69, 9.17) is 0 Å². The molecule has 0 radical (unpaired) electrons. The first-order chi connectivity index (χ1) is 9.02. The number of likely N-dealkylation sites (N-methyl/N-ethyl adjacent to an activating group) is 1. The molecule has 4 heteroatoms. The molecule has 0 saturated heterocycles. The SMILES string of the molecule is CNc1ncccc1CN(CCN(C)C)CC(C)C. The quantitative estimate of drug-likeness (QED) is 0.779. The molecule has 0 aliphatic carbocycles. The highest BCUT2D eigenvalue weighted by Crippen LogP contribution is 2.14. The van der Waals surface area contributed by atoms with E-state index in [2.05, 4.69) is 54.1 Å². The van der Waals surface area contributed by atoms with Crippen LogP contribution in [-0.4, -0.2) is 55.6 Å². The van der Waals surface area contributed by atoms with Crippen LogP contribution in [0.5, 0.6) is 0 Å². The molecule has 1 aromatic rings. The maximum absolute atomic E-state index is 4.38. The van der Waals surface area contributed by atoms with Crippen molar-refractivity contribution < 1.29 is 0 Å². The van der Waals surface area contributed by atoms with E-state index >= 15 is 0 Å². The second-order valence-electron chi connectivity index (χ2n) is 5.69. The third kappa shape index (κ3) is 6.03. The van der Waals surface area contributed by atoms with Crippen molar-refractivity contribution >= 4 is 5.82 Å². The lowest BCUT2D eigenvalue weighted by Gasteiger charge is -2.26. The Labute approximate surface area is 117 Å². The van der Waals surface area contributed by atoms with Crippen LogP contribution in [0.3, 0.4) is 0 Å². The molecular weight excluding hydrogens is 236 g/mol. The Hall–Kier alpha value is -1.13. The molecular formula is C15H28N4. The first-order valence-corrected chi connectivity index (χ1v) is 7.01. The monoisotopic (exact) mass is 264 g/mol. The number of hydrogen-bond donors (Lipinski definition) is 1. The molecule has 0 aliphatic rings. The molecule has 0 atom stereocenters. The molecule has 0 spiro atoms. The number of pyridine rings is 1. The molecule has 0 saturated carbocycles. The smallest absolute Gasteiger partial charge is 0.130 e. The molecule has 4 nitrogen and oxygen atoms in total. The number of nitrogens with zero attached hydrogens (tertiary/aromatic N) is 3. The maximum atomic E-state index is 4.38. The van der Waals surface area contributed by atoms with Gasteiger partial charge in [0.15, 0.2) is 0 Å². The van der Waals surface area contributed by atoms with Gasteiger partial charge in [-0.25, -0.2) is 4.98 Å². The Morgan fingerprint density at radius 2 is 2.00 bits per heavy atom. The summed E-state index contributed by atoms with van der Waals surface area (Å²) >= 11 is 0. The van der Waals surface area contributed by atoms with Crippen molar-refractivity contribution in [3.05, 3.63) is 23.9 Å². The molecule has 0 bridgehead atoms. The highest BCUT2D eigenvalue weighted by molar-refractivity contribution is 5.42. The van der Waals surface area contributed by atoms with E-state index in [1.807, 2.05) is 19.3 Å². The predicted molar refractivity (Wildman–Crippen MR) is 82.5 cm³/mol. The van der Waals surface area contributed by atoms with Crippen LogP contribution in [0.4, 0.5) is 5.82 Å². The molecule has 0 unspecified atom stereocenters. The van der Waals surface area contributed by atoms with Crippen LogP contribution >= 0.6 is 0 Å². The first-order valence-electron chi connectivity index (χ1n) is 7.01. The largest absolute Gasteiger partial charge is 0.373 e. The minimum atomic E-state index is 0.678. The molecule has 1 rings (SSSR count). The number of anilines is 1. The highest BCUT2D eigenvalue weighted by Gasteiger charge is 2.11. The topological polar surface area (TPSA) is 31.4 Å². The van der Waals surface area contributed by atoms with Crippen molar-refractivity contribution in [1.82, 2.24) is 14.8 Å². The fraction of sp³-hybridized carbons (Fsp3) is 0.667. The Bertz CT molecular complexity index is 363. The van der Waals surface area contributed by atoms with Gasteiger partial charge in [0.1, 0.15) is 5.82 Å². The van der Waals surface area contributed by atoms with Gasteiger partial charge >= 0.3 is 0 Å². The van der Waals surface area contributed by atoms with Crippen LogP contribution in [0, 0.1) is 5.92 Å². The van der Waals surface area contributed by atoms with Gasteiger partial charge in [-0.05, 0) is 26.1 Å². The summed E-state index contributed by atoms with van der Waals surface area (Å²) in [7, 11) is 6.17. The molecule has 0 fully saturated rings. The summed E-state index contributed by atoms with van der Waals surface area (Å²) in [5.74, 6) is 1.66. The van der Waals surface area contributed by atoms with E-state index in [9.17, 15) is 0 Å². The fourth-order valence-electron chi connectivity index (χ4n) is 2.12. The second-order valence-corrected chi connectivity index (χ2v) is 5.69. The molecule has 0 aromatic carbocycles. The number of aromatic nitrogens is 1. The lowest BCUT2D eigenvalue weighted by molar-refractivity contribution is 0.212. The average molecular weight is 264 g/mol. The van der Waals surface area contributed by atoms with E-state index in [0.717, 1.165) is 32.0 Å². The summed E-state index contributed by atoms with van der Waals surface area (Å²) in [6.45, 7) is 8.78. The van der Waals surface area contributed by atoms with Gasteiger partial charge in [-0.15, -0.1) is 0 Å². The number of rotatable bonds is 8. The zero-order chi connectivity index (χ0) is 14.3. The summed E-state index contributed by atoms with van der Waals surface area (Å²) in [4.78, 5) is 9.11. The van der Waals surface area contributed by atoms with E-state index < -0.39 is 0 Å².